The summed E-state index contributed by atoms with van der Waals surface area (Å²) in [6.07, 6.45) is 3.65. The van der Waals surface area contributed by atoms with Crippen LogP contribution >= 0.6 is 23.8 Å². The minimum Gasteiger partial charge on any atom is -0.429 e. The molecule has 28 heavy (non-hydrogen) atoms. The molecule has 3 aromatic rings. The van der Waals surface area contributed by atoms with Crippen molar-refractivity contribution < 1.29 is 17.7 Å². The number of halogens is 1. The van der Waals surface area contributed by atoms with Crippen molar-refractivity contribution in [3.8, 4) is 0 Å². The number of hydrogen-bond acceptors (Lipinski definition) is 4. The number of benzene rings is 2. The first-order valence-electron chi connectivity index (χ1n) is 9.18. The molecule has 1 aromatic heterocycles. The molecule has 0 saturated carbocycles. The van der Waals surface area contributed by atoms with Crippen LogP contribution in [0, 0.1) is 4.84 Å². The standard InChI is InChI=1S/C19H20ClN3O3S2/c20-14-5-4-6-15(11-14)21-28(24,25)16-7-8-18-17(12-16)23(19(27)26-18)13-22-9-2-1-3-10-22/h4-8,11-12,21H,1-3,9-10,13H2/p+1. The van der Waals surface area contributed by atoms with E-state index in [2.05, 4.69) is 4.72 Å². The zero-order valence-electron chi connectivity index (χ0n) is 15.2. The van der Waals surface area contributed by atoms with Crippen LogP contribution in [0.15, 0.2) is 51.8 Å². The van der Waals surface area contributed by atoms with Crippen molar-refractivity contribution in [2.75, 3.05) is 17.8 Å². The van der Waals surface area contributed by atoms with Crippen LogP contribution in [0.2, 0.25) is 5.02 Å². The Hall–Kier alpha value is -1.87. The normalized spacial score (nSPS) is 15.8. The van der Waals surface area contributed by atoms with Gasteiger partial charge in [0.25, 0.3) is 14.9 Å². The first kappa shape index (κ1) is 19.4. The van der Waals surface area contributed by atoms with Gasteiger partial charge in [0, 0.05) is 5.02 Å². The summed E-state index contributed by atoms with van der Waals surface area (Å²) in [6.45, 7) is 2.85. The molecule has 0 unspecified atom stereocenters. The van der Waals surface area contributed by atoms with E-state index >= 15 is 0 Å². The molecule has 2 heterocycles. The summed E-state index contributed by atoms with van der Waals surface area (Å²) in [5.41, 5.74) is 1.69. The second-order valence-corrected chi connectivity index (χ2v) is 9.48. The molecule has 2 N–H and O–H groups in total. The maximum Gasteiger partial charge on any atom is 0.274 e. The minimum atomic E-state index is -3.77. The molecule has 0 aliphatic carbocycles. The maximum atomic E-state index is 12.8. The van der Waals surface area contributed by atoms with E-state index < -0.39 is 10.0 Å². The summed E-state index contributed by atoms with van der Waals surface area (Å²) >= 11 is 11.3. The highest BCUT2D eigenvalue weighted by molar-refractivity contribution is 7.92. The van der Waals surface area contributed by atoms with Gasteiger partial charge < -0.3 is 9.32 Å². The van der Waals surface area contributed by atoms with E-state index in [4.69, 9.17) is 28.2 Å². The summed E-state index contributed by atoms with van der Waals surface area (Å²) in [4.78, 5) is 1.94. The van der Waals surface area contributed by atoms with Crippen molar-refractivity contribution in [3.63, 3.8) is 0 Å². The van der Waals surface area contributed by atoms with Gasteiger partial charge in [0.2, 0.25) is 0 Å². The van der Waals surface area contributed by atoms with Crippen LogP contribution in [0.3, 0.4) is 0 Å². The average Bonchev–Trinajstić information content (AvgIpc) is 2.97. The van der Waals surface area contributed by atoms with Crippen molar-refractivity contribution in [2.45, 2.75) is 30.8 Å². The molecule has 0 amide bonds. The largest absolute Gasteiger partial charge is 0.429 e. The van der Waals surface area contributed by atoms with Gasteiger partial charge in [-0.1, -0.05) is 17.7 Å². The third-order valence-electron chi connectivity index (χ3n) is 4.97. The lowest BCUT2D eigenvalue weighted by Gasteiger charge is -2.23. The Morgan fingerprint density at radius 3 is 2.68 bits per heavy atom. The van der Waals surface area contributed by atoms with Crippen LogP contribution in [-0.2, 0) is 16.7 Å². The van der Waals surface area contributed by atoms with Crippen molar-refractivity contribution in [2.24, 2.45) is 0 Å². The molecule has 0 radical (unpaired) electrons. The van der Waals surface area contributed by atoms with Crippen LogP contribution in [0.5, 0.6) is 0 Å². The number of piperidine rings is 1. The van der Waals surface area contributed by atoms with Gasteiger partial charge in [-0.3, -0.25) is 9.29 Å². The van der Waals surface area contributed by atoms with Crippen molar-refractivity contribution >= 4 is 50.6 Å². The third-order valence-corrected chi connectivity index (χ3v) is 6.89. The third kappa shape index (κ3) is 4.10. The predicted octanol–water partition coefficient (Wildman–Crippen LogP) is 3.44. The molecule has 0 atom stereocenters. The SMILES string of the molecule is O=S(=O)(Nc1cccc(Cl)c1)c1ccc2oc(=S)n(C[NH+]3CCCCC3)c2c1. The van der Waals surface area contributed by atoms with E-state index in [-0.39, 0.29) is 4.90 Å². The molecule has 2 aromatic carbocycles. The topological polar surface area (TPSA) is 68.7 Å². The van der Waals surface area contributed by atoms with Crippen LogP contribution in [0.1, 0.15) is 19.3 Å². The van der Waals surface area contributed by atoms with E-state index in [1.807, 2.05) is 4.57 Å². The van der Waals surface area contributed by atoms with E-state index in [1.165, 1.54) is 30.2 Å². The number of quaternary nitrogens is 1. The molecule has 0 spiro atoms. The highest BCUT2D eigenvalue weighted by Gasteiger charge is 2.20. The Balaban J connectivity index is 1.68. The maximum absolute atomic E-state index is 12.8. The van der Waals surface area contributed by atoms with Gasteiger partial charge in [0.05, 0.1) is 29.2 Å². The Bertz CT molecular complexity index is 1160. The van der Waals surface area contributed by atoms with Gasteiger partial charge in [-0.15, -0.1) is 0 Å². The van der Waals surface area contributed by atoms with E-state index in [1.54, 1.807) is 36.4 Å². The van der Waals surface area contributed by atoms with Crippen LogP contribution in [0.25, 0.3) is 11.1 Å². The summed E-state index contributed by atoms with van der Waals surface area (Å²) in [7, 11) is -3.77. The second kappa shape index (κ2) is 7.87. The fourth-order valence-electron chi connectivity index (χ4n) is 3.56. The van der Waals surface area contributed by atoms with Crippen molar-refractivity contribution in [3.05, 3.63) is 52.3 Å². The number of hydrogen-bond donors (Lipinski definition) is 2. The molecule has 1 saturated heterocycles. The van der Waals surface area contributed by atoms with Gasteiger partial charge in [0.15, 0.2) is 12.3 Å². The summed E-state index contributed by atoms with van der Waals surface area (Å²) in [5.74, 6) is 0. The van der Waals surface area contributed by atoms with Crippen LogP contribution in [-0.4, -0.2) is 26.1 Å². The fraction of sp³-hybridized carbons (Fsp3) is 0.316. The Morgan fingerprint density at radius 2 is 1.93 bits per heavy atom. The van der Waals surface area contributed by atoms with E-state index in [0.717, 1.165) is 13.1 Å². The number of rotatable bonds is 5. The number of anilines is 1. The quantitative estimate of drug-likeness (QED) is 0.599. The lowest BCUT2D eigenvalue weighted by molar-refractivity contribution is -0.927. The summed E-state index contributed by atoms with van der Waals surface area (Å²) in [5, 5.41) is 0.462. The minimum absolute atomic E-state index is 0.151. The monoisotopic (exact) mass is 438 g/mol. The molecule has 4 rings (SSSR count). The lowest BCUT2D eigenvalue weighted by Crippen LogP contribution is -3.12. The average molecular weight is 439 g/mol. The molecule has 1 fully saturated rings. The Morgan fingerprint density at radius 1 is 1.14 bits per heavy atom. The van der Waals surface area contributed by atoms with E-state index in [0.29, 0.717) is 33.3 Å². The lowest BCUT2D eigenvalue weighted by atomic mass is 10.1. The van der Waals surface area contributed by atoms with Crippen molar-refractivity contribution in [1.82, 2.24) is 4.57 Å². The predicted molar refractivity (Wildman–Crippen MR) is 112 cm³/mol. The second-order valence-electron chi connectivity index (χ2n) is 7.01. The highest BCUT2D eigenvalue weighted by Crippen LogP contribution is 2.24. The number of oxazole rings is 1. The van der Waals surface area contributed by atoms with Gasteiger partial charge in [-0.05, 0) is 67.9 Å². The van der Waals surface area contributed by atoms with Gasteiger partial charge in [0.1, 0.15) is 0 Å². The Kier molecular flexibility index (Phi) is 5.46. The zero-order valence-corrected chi connectivity index (χ0v) is 17.5. The molecule has 1 aliphatic heterocycles. The number of sulfonamides is 1. The smallest absolute Gasteiger partial charge is 0.274 e. The number of nitrogens with zero attached hydrogens (tertiary/aromatic N) is 1. The Labute approximate surface area is 173 Å². The zero-order chi connectivity index (χ0) is 19.7. The van der Waals surface area contributed by atoms with Gasteiger partial charge in [-0.2, -0.15) is 0 Å². The fourth-order valence-corrected chi connectivity index (χ4v) is 5.07. The van der Waals surface area contributed by atoms with Gasteiger partial charge >= 0.3 is 0 Å². The number of fused-ring (bicyclic) bond motifs is 1. The molecule has 9 heteroatoms. The molecule has 148 valence electrons. The highest BCUT2D eigenvalue weighted by atomic mass is 35.5. The summed E-state index contributed by atoms with van der Waals surface area (Å²) < 4.78 is 35.8. The van der Waals surface area contributed by atoms with Crippen molar-refractivity contribution in [1.29, 1.82) is 0 Å². The van der Waals surface area contributed by atoms with Crippen LogP contribution in [0.4, 0.5) is 5.69 Å². The van der Waals surface area contributed by atoms with E-state index in [9.17, 15) is 8.42 Å². The molecule has 1 aliphatic rings. The number of nitrogens with one attached hydrogen (secondary N) is 2. The molecule has 6 nitrogen and oxygen atoms in total. The van der Waals surface area contributed by atoms with Gasteiger partial charge in [-0.25, -0.2) is 8.42 Å². The van der Waals surface area contributed by atoms with Crippen LogP contribution < -0.4 is 9.62 Å². The molecular formula is C19H21ClN3O3S2+. The number of aromatic nitrogens is 1. The summed E-state index contributed by atoms with van der Waals surface area (Å²) in [6, 6.07) is 11.4. The first-order valence-corrected chi connectivity index (χ1v) is 11.4. The number of likely N-dealkylation sites (tertiary alicyclic amines) is 1. The molecule has 0 bridgehead atoms. The molecular weight excluding hydrogens is 418 g/mol. The first-order chi connectivity index (χ1) is 13.4.